The standard InChI is InChI=1S/C19H17N3O4/c1-11-5-10-16(22(25)26)17-14-3-2-4-15(14)19(20-18(11)17)12-6-8-13(9-7-12)21(23)24/h2-3,5-10,14-15,19-20H,4H2,1H3. The molecule has 4 rings (SSSR count). The molecule has 3 unspecified atom stereocenters. The Hall–Kier alpha value is -3.22. The Morgan fingerprint density at radius 1 is 1.04 bits per heavy atom. The summed E-state index contributed by atoms with van der Waals surface area (Å²) in [6.45, 7) is 1.93. The zero-order chi connectivity index (χ0) is 18.4. The predicted octanol–water partition coefficient (Wildman–Crippen LogP) is 4.64. The highest BCUT2D eigenvalue weighted by Crippen LogP contribution is 2.53. The van der Waals surface area contributed by atoms with Gasteiger partial charge in [0.05, 0.1) is 21.5 Å². The summed E-state index contributed by atoms with van der Waals surface area (Å²) in [5, 5.41) is 25.9. The molecule has 2 aromatic rings. The van der Waals surface area contributed by atoms with E-state index in [0.717, 1.165) is 28.8 Å². The first-order valence-corrected chi connectivity index (χ1v) is 8.43. The van der Waals surface area contributed by atoms with Crippen molar-refractivity contribution in [2.75, 3.05) is 5.32 Å². The first-order valence-electron chi connectivity index (χ1n) is 8.43. The van der Waals surface area contributed by atoms with Crippen LogP contribution in [0.4, 0.5) is 17.1 Å². The summed E-state index contributed by atoms with van der Waals surface area (Å²) in [6.07, 6.45) is 4.93. The van der Waals surface area contributed by atoms with E-state index in [9.17, 15) is 20.2 Å². The molecule has 0 saturated carbocycles. The molecule has 0 aromatic heterocycles. The Morgan fingerprint density at radius 2 is 1.77 bits per heavy atom. The van der Waals surface area contributed by atoms with Crippen LogP contribution in [0.5, 0.6) is 0 Å². The van der Waals surface area contributed by atoms with Gasteiger partial charge in [0, 0.05) is 29.8 Å². The van der Waals surface area contributed by atoms with Gasteiger partial charge in [-0.05, 0) is 30.4 Å². The molecule has 0 radical (unpaired) electrons. The fourth-order valence-corrected chi connectivity index (χ4v) is 4.13. The predicted molar refractivity (Wildman–Crippen MR) is 97.3 cm³/mol. The van der Waals surface area contributed by atoms with Gasteiger partial charge in [-0.1, -0.05) is 30.4 Å². The molecule has 26 heavy (non-hydrogen) atoms. The Balaban J connectivity index is 1.81. The molecular formula is C19H17N3O4. The van der Waals surface area contributed by atoms with Crippen molar-refractivity contribution in [2.24, 2.45) is 5.92 Å². The second kappa shape index (κ2) is 5.94. The van der Waals surface area contributed by atoms with Crippen LogP contribution in [0.15, 0.2) is 48.6 Å². The number of hydrogen-bond acceptors (Lipinski definition) is 5. The average molecular weight is 351 g/mol. The van der Waals surface area contributed by atoms with Crippen molar-refractivity contribution in [1.82, 2.24) is 0 Å². The van der Waals surface area contributed by atoms with Gasteiger partial charge in [-0.3, -0.25) is 20.2 Å². The molecule has 1 aliphatic heterocycles. The molecule has 0 amide bonds. The number of nitro groups is 2. The maximum atomic E-state index is 11.5. The minimum absolute atomic E-state index is 0.0354. The second-order valence-corrected chi connectivity index (χ2v) is 6.77. The summed E-state index contributed by atoms with van der Waals surface area (Å²) in [6, 6.07) is 9.82. The third-order valence-corrected chi connectivity index (χ3v) is 5.36. The van der Waals surface area contributed by atoms with Crippen molar-refractivity contribution in [3.63, 3.8) is 0 Å². The molecule has 0 spiro atoms. The van der Waals surface area contributed by atoms with Crippen molar-refractivity contribution < 1.29 is 9.85 Å². The number of non-ortho nitro benzene ring substituents is 1. The number of benzene rings is 2. The number of nitro benzene ring substituents is 2. The largest absolute Gasteiger partial charge is 0.377 e. The summed E-state index contributed by atoms with van der Waals surface area (Å²) >= 11 is 0. The van der Waals surface area contributed by atoms with Gasteiger partial charge in [0.15, 0.2) is 0 Å². The number of fused-ring (bicyclic) bond motifs is 3. The lowest BCUT2D eigenvalue weighted by molar-refractivity contribution is -0.385. The highest BCUT2D eigenvalue weighted by Gasteiger charge is 2.42. The number of rotatable bonds is 3. The van der Waals surface area contributed by atoms with Crippen LogP contribution in [0.3, 0.4) is 0 Å². The van der Waals surface area contributed by atoms with Crippen LogP contribution in [0.2, 0.25) is 0 Å². The van der Waals surface area contributed by atoms with Crippen molar-refractivity contribution in [3.05, 3.63) is 85.5 Å². The number of anilines is 1. The van der Waals surface area contributed by atoms with Gasteiger partial charge in [-0.15, -0.1) is 0 Å². The lowest BCUT2D eigenvalue weighted by Gasteiger charge is -2.37. The van der Waals surface area contributed by atoms with Gasteiger partial charge in [0.25, 0.3) is 11.4 Å². The van der Waals surface area contributed by atoms with E-state index < -0.39 is 4.92 Å². The first kappa shape index (κ1) is 16.3. The Morgan fingerprint density at radius 3 is 2.42 bits per heavy atom. The Labute approximate surface area is 149 Å². The van der Waals surface area contributed by atoms with Gasteiger partial charge in [0.2, 0.25) is 0 Å². The van der Waals surface area contributed by atoms with E-state index in [0.29, 0.717) is 0 Å². The van der Waals surface area contributed by atoms with E-state index in [-0.39, 0.29) is 34.2 Å². The summed E-state index contributed by atoms with van der Waals surface area (Å²) in [7, 11) is 0. The smallest absolute Gasteiger partial charge is 0.275 e. The summed E-state index contributed by atoms with van der Waals surface area (Å²) in [5.74, 6) is 0.108. The molecule has 2 aromatic carbocycles. The van der Waals surface area contributed by atoms with E-state index in [4.69, 9.17) is 0 Å². The highest BCUT2D eigenvalue weighted by atomic mass is 16.6. The third-order valence-electron chi connectivity index (χ3n) is 5.36. The van der Waals surface area contributed by atoms with Crippen LogP contribution in [0.25, 0.3) is 0 Å². The second-order valence-electron chi connectivity index (χ2n) is 6.77. The monoisotopic (exact) mass is 351 g/mol. The molecule has 0 fully saturated rings. The molecule has 0 bridgehead atoms. The van der Waals surface area contributed by atoms with Crippen molar-refractivity contribution >= 4 is 17.1 Å². The number of nitrogens with one attached hydrogen (secondary N) is 1. The van der Waals surface area contributed by atoms with Crippen molar-refractivity contribution in [3.8, 4) is 0 Å². The van der Waals surface area contributed by atoms with Crippen molar-refractivity contribution in [1.29, 1.82) is 0 Å². The number of hydrogen-bond donors (Lipinski definition) is 1. The zero-order valence-corrected chi connectivity index (χ0v) is 14.1. The van der Waals surface area contributed by atoms with Gasteiger partial charge >= 0.3 is 0 Å². The molecule has 132 valence electrons. The van der Waals surface area contributed by atoms with E-state index in [1.165, 1.54) is 12.1 Å². The topological polar surface area (TPSA) is 98.3 Å². The lowest BCUT2D eigenvalue weighted by atomic mass is 9.75. The maximum Gasteiger partial charge on any atom is 0.275 e. The molecule has 1 N–H and O–H groups in total. The van der Waals surface area contributed by atoms with Crippen LogP contribution < -0.4 is 5.32 Å². The molecular weight excluding hydrogens is 334 g/mol. The molecule has 7 nitrogen and oxygen atoms in total. The molecule has 0 saturated heterocycles. The minimum atomic E-state index is -0.416. The fourth-order valence-electron chi connectivity index (χ4n) is 4.13. The number of aryl methyl sites for hydroxylation is 1. The van der Waals surface area contributed by atoms with E-state index in [1.54, 1.807) is 24.3 Å². The molecule has 2 aliphatic rings. The van der Waals surface area contributed by atoms with Crippen LogP contribution in [-0.4, -0.2) is 9.85 Å². The van der Waals surface area contributed by atoms with E-state index in [2.05, 4.69) is 17.5 Å². The van der Waals surface area contributed by atoms with Gasteiger partial charge in [-0.25, -0.2) is 0 Å². The van der Waals surface area contributed by atoms with E-state index >= 15 is 0 Å². The van der Waals surface area contributed by atoms with E-state index in [1.807, 2.05) is 6.92 Å². The van der Waals surface area contributed by atoms with Crippen LogP contribution >= 0.6 is 0 Å². The third kappa shape index (κ3) is 2.44. The maximum absolute atomic E-state index is 11.5. The normalized spacial score (nSPS) is 23.0. The number of allylic oxidation sites excluding steroid dienone is 2. The Kier molecular flexibility index (Phi) is 3.72. The van der Waals surface area contributed by atoms with Gasteiger partial charge in [-0.2, -0.15) is 0 Å². The summed E-state index contributed by atoms with van der Waals surface area (Å²) in [5.41, 5.74) is 3.64. The van der Waals surface area contributed by atoms with Crippen molar-refractivity contribution in [2.45, 2.75) is 25.3 Å². The summed E-state index contributed by atoms with van der Waals surface area (Å²) in [4.78, 5) is 21.7. The Bertz CT molecular complexity index is 937. The minimum Gasteiger partial charge on any atom is -0.377 e. The number of nitrogens with zero attached hydrogens (tertiary/aromatic N) is 2. The van der Waals surface area contributed by atoms with Crippen LogP contribution in [0.1, 0.15) is 35.1 Å². The molecule has 3 atom stereocenters. The SMILES string of the molecule is Cc1ccc([N+](=O)[O-])c2c1NC(c1ccc([N+](=O)[O-])cc1)C1CC=CC21. The van der Waals surface area contributed by atoms with Crippen LogP contribution in [-0.2, 0) is 0 Å². The molecule has 1 heterocycles. The molecule has 1 aliphatic carbocycles. The van der Waals surface area contributed by atoms with Gasteiger partial charge in [0.1, 0.15) is 0 Å². The zero-order valence-electron chi connectivity index (χ0n) is 14.1. The summed E-state index contributed by atoms with van der Waals surface area (Å²) < 4.78 is 0. The fraction of sp³-hybridized carbons (Fsp3) is 0.263. The lowest BCUT2D eigenvalue weighted by Crippen LogP contribution is -2.30. The quantitative estimate of drug-likeness (QED) is 0.493. The highest BCUT2D eigenvalue weighted by molar-refractivity contribution is 5.70. The molecule has 7 heteroatoms. The van der Waals surface area contributed by atoms with Crippen LogP contribution in [0, 0.1) is 33.1 Å². The first-order chi connectivity index (χ1) is 12.5. The van der Waals surface area contributed by atoms with Gasteiger partial charge < -0.3 is 5.32 Å². The average Bonchev–Trinajstić information content (AvgIpc) is 3.11.